The fourth-order valence-corrected chi connectivity index (χ4v) is 3.47. The molecule has 8 nitrogen and oxygen atoms in total. The van der Waals surface area contributed by atoms with E-state index < -0.39 is 11.9 Å². The first-order valence-corrected chi connectivity index (χ1v) is 8.34. The van der Waals surface area contributed by atoms with E-state index in [2.05, 4.69) is 15.3 Å². The predicted molar refractivity (Wildman–Crippen MR) is 88.0 cm³/mol. The van der Waals surface area contributed by atoms with Gasteiger partial charge in [0.05, 0.1) is 19.1 Å². The molecular weight excluding hydrogens is 369 g/mol. The summed E-state index contributed by atoms with van der Waals surface area (Å²) < 4.78 is 44.1. The van der Waals surface area contributed by atoms with Gasteiger partial charge in [0, 0.05) is 32.1 Å². The number of aromatic nitrogens is 2. The molecule has 1 aromatic rings. The van der Waals surface area contributed by atoms with Gasteiger partial charge in [-0.05, 0) is 12.3 Å². The Balaban J connectivity index is 0.000000817. The third kappa shape index (κ3) is 5.28. The third-order valence-electron chi connectivity index (χ3n) is 4.73. The van der Waals surface area contributed by atoms with Crippen LogP contribution in [-0.4, -0.2) is 60.3 Å². The number of nitrogens with one attached hydrogen (secondary N) is 1. The van der Waals surface area contributed by atoms with Crippen LogP contribution in [0.1, 0.15) is 18.5 Å². The number of carbonyl (C=O) groups is 2. The van der Waals surface area contributed by atoms with Crippen molar-refractivity contribution in [2.45, 2.75) is 25.1 Å². The molecule has 2 aliphatic heterocycles. The van der Waals surface area contributed by atoms with Crippen molar-refractivity contribution < 1.29 is 32.6 Å². The summed E-state index contributed by atoms with van der Waals surface area (Å²) in [4.78, 5) is 29.0. The van der Waals surface area contributed by atoms with Crippen molar-refractivity contribution in [2.24, 2.45) is 11.8 Å². The summed E-state index contributed by atoms with van der Waals surface area (Å²) in [5, 5.41) is 9.48. The lowest BCUT2D eigenvalue weighted by Crippen LogP contribution is -2.42. The summed E-state index contributed by atoms with van der Waals surface area (Å²) in [5.41, 5.74) is -0.935. The Morgan fingerprint density at radius 2 is 2.19 bits per heavy atom. The summed E-state index contributed by atoms with van der Waals surface area (Å²) in [6.07, 6.45) is -2.57. The second kappa shape index (κ2) is 8.98. The molecule has 1 aromatic heterocycles. The minimum atomic E-state index is -4.48. The van der Waals surface area contributed by atoms with Crippen LogP contribution in [0.2, 0.25) is 0 Å². The average molecular weight is 390 g/mol. The van der Waals surface area contributed by atoms with Crippen LogP contribution in [0.5, 0.6) is 0 Å². The van der Waals surface area contributed by atoms with E-state index in [9.17, 15) is 18.0 Å². The molecule has 3 heterocycles. The van der Waals surface area contributed by atoms with Gasteiger partial charge < -0.3 is 20.1 Å². The Hall–Kier alpha value is -2.43. The van der Waals surface area contributed by atoms with E-state index in [1.54, 1.807) is 7.05 Å². The highest BCUT2D eigenvalue weighted by molar-refractivity contribution is 5.76. The zero-order valence-electron chi connectivity index (χ0n) is 14.6. The van der Waals surface area contributed by atoms with Crippen molar-refractivity contribution in [2.75, 3.05) is 31.6 Å². The van der Waals surface area contributed by atoms with Gasteiger partial charge >= 0.3 is 6.18 Å². The van der Waals surface area contributed by atoms with Crippen LogP contribution in [0.25, 0.3) is 0 Å². The van der Waals surface area contributed by atoms with Gasteiger partial charge in [0.1, 0.15) is 17.8 Å². The molecular formula is C16H21F3N4O4. The van der Waals surface area contributed by atoms with E-state index in [1.165, 1.54) is 0 Å². The van der Waals surface area contributed by atoms with Gasteiger partial charge in [0.2, 0.25) is 5.91 Å². The van der Waals surface area contributed by atoms with Crippen LogP contribution < -0.4 is 10.2 Å². The predicted octanol–water partition coefficient (Wildman–Crippen LogP) is 1.17. The van der Waals surface area contributed by atoms with E-state index in [0.29, 0.717) is 26.1 Å². The number of rotatable bonds is 3. The van der Waals surface area contributed by atoms with E-state index in [4.69, 9.17) is 14.6 Å². The minimum Gasteiger partial charge on any atom is -0.483 e. The smallest absolute Gasteiger partial charge is 0.433 e. The Morgan fingerprint density at radius 1 is 1.48 bits per heavy atom. The summed E-state index contributed by atoms with van der Waals surface area (Å²) >= 11 is 0. The zero-order chi connectivity index (χ0) is 20.0. The fourth-order valence-electron chi connectivity index (χ4n) is 3.47. The second-order valence-electron chi connectivity index (χ2n) is 6.27. The first-order chi connectivity index (χ1) is 12.8. The van der Waals surface area contributed by atoms with Crippen molar-refractivity contribution in [3.8, 4) is 0 Å². The number of carbonyl (C=O) groups excluding carboxylic acids is 1. The van der Waals surface area contributed by atoms with E-state index in [0.717, 1.165) is 18.8 Å². The molecule has 0 saturated carbocycles. The Labute approximate surface area is 153 Å². The molecule has 0 bridgehead atoms. The minimum absolute atomic E-state index is 0.0614. The number of fused-ring (bicyclic) bond motifs is 1. The second-order valence-corrected chi connectivity index (χ2v) is 6.27. The van der Waals surface area contributed by atoms with Crippen molar-refractivity contribution in [3.05, 3.63) is 18.1 Å². The first-order valence-electron chi connectivity index (χ1n) is 8.34. The number of ether oxygens (including phenoxy) is 1. The molecule has 2 aliphatic rings. The number of hydrogen-bond acceptors (Lipinski definition) is 6. The summed E-state index contributed by atoms with van der Waals surface area (Å²) in [5.74, 6) is 0.666. The number of hydrogen-bond donors (Lipinski definition) is 2. The lowest BCUT2D eigenvalue weighted by molar-refractivity contribution is -0.141. The monoisotopic (exact) mass is 390 g/mol. The summed E-state index contributed by atoms with van der Waals surface area (Å²) in [6.45, 7) is 1.42. The van der Waals surface area contributed by atoms with Crippen molar-refractivity contribution >= 4 is 18.2 Å². The van der Waals surface area contributed by atoms with Crippen molar-refractivity contribution in [1.29, 1.82) is 0 Å². The summed E-state index contributed by atoms with van der Waals surface area (Å²) in [7, 11) is 1.59. The Morgan fingerprint density at radius 3 is 2.81 bits per heavy atom. The molecule has 0 radical (unpaired) electrons. The lowest BCUT2D eigenvalue weighted by Gasteiger charge is -2.36. The Bertz CT molecular complexity index is 659. The Kier molecular flexibility index (Phi) is 6.94. The van der Waals surface area contributed by atoms with Crippen LogP contribution in [0.15, 0.2) is 12.4 Å². The molecule has 0 unspecified atom stereocenters. The van der Waals surface area contributed by atoms with Crippen LogP contribution in [0.4, 0.5) is 19.0 Å². The highest BCUT2D eigenvalue weighted by atomic mass is 19.4. The lowest BCUT2D eigenvalue weighted by atomic mass is 9.83. The summed E-state index contributed by atoms with van der Waals surface area (Å²) in [6, 6.07) is 0.984. The number of alkyl halides is 3. The van der Waals surface area contributed by atoms with Crippen LogP contribution in [-0.2, 0) is 20.5 Å². The molecule has 2 N–H and O–H groups in total. The number of amides is 1. The largest absolute Gasteiger partial charge is 0.483 e. The number of anilines is 1. The van der Waals surface area contributed by atoms with E-state index in [-0.39, 0.29) is 36.1 Å². The van der Waals surface area contributed by atoms with E-state index in [1.807, 2.05) is 4.90 Å². The number of halogens is 3. The van der Waals surface area contributed by atoms with Gasteiger partial charge in [-0.1, -0.05) is 0 Å². The standard InChI is InChI=1S/C15H19F3N4O2.CH2O2/c1-19-14(23)4-11-10-2-3-22(6-9(10)7-24-11)13-5-12(15(16,17)18)20-8-21-13;2-1-3/h5,8-11H,2-4,6-7H2,1H3,(H,19,23);1H,(H,2,3)/t9-,10-,11+;/m1./s1. The first kappa shape index (κ1) is 20.9. The van der Waals surface area contributed by atoms with Gasteiger partial charge in [0.25, 0.3) is 6.47 Å². The van der Waals surface area contributed by atoms with Gasteiger partial charge in [-0.15, -0.1) is 0 Å². The van der Waals surface area contributed by atoms with Gasteiger partial charge in [-0.25, -0.2) is 9.97 Å². The zero-order valence-corrected chi connectivity index (χ0v) is 14.6. The molecule has 2 fully saturated rings. The topological polar surface area (TPSA) is 105 Å². The molecule has 2 saturated heterocycles. The molecule has 3 atom stereocenters. The molecule has 150 valence electrons. The molecule has 1 amide bonds. The van der Waals surface area contributed by atoms with Crippen molar-refractivity contribution in [1.82, 2.24) is 15.3 Å². The highest BCUT2D eigenvalue weighted by Crippen LogP contribution is 2.37. The number of carboxylic acid groups (broad SMARTS) is 1. The molecule has 27 heavy (non-hydrogen) atoms. The maximum absolute atomic E-state index is 12.8. The quantitative estimate of drug-likeness (QED) is 0.747. The van der Waals surface area contributed by atoms with Crippen molar-refractivity contribution in [3.63, 3.8) is 0 Å². The SMILES string of the molecule is CNC(=O)C[C@@H]1OC[C@H]2CN(c3cc(C(F)(F)F)ncn3)CC[C@H]21.O=CO. The van der Waals surface area contributed by atoms with Gasteiger partial charge in [-0.2, -0.15) is 13.2 Å². The highest BCUT2D eigenvalue weighted by Gasteiger charge is 2.42. The average Bonchev–Trinajstić information content (AvgIpc) is 3.04. The normalized spacial score (nSPS) is 24.4. The molecule has 3 rings (SSSR count). The molecule has 0 aromatic carbocycles. The fraction of sp³-hybridized carbons (Fsp3) is 0.625. The van der Waals surface area contributed by atoms with Crippen LogP contribution in [0, 0.1) is 11.8 Å². The maximum Gasteiger partial charge on any atom is 0.433 e. The van der Waals surface area contributed by atoms with Gasteiger partial charge in [0.15, 0.2) is 0 Å². The van der Waals surface area contributed by atoms with Gasteiger partial charge in [-0.3, -0.25) is 9.59 Å². The molecule has 0 aliphatic carbocycles. The maximum atomic E-state index is 12.8. The number of piperidine rings is 1. The molecule has 0 spiro atoms. The van der Waals surface area contributed by atoms with E-state index >= 15 is 0 Å². The van der Waals surface area contributed by atoms with Crippen LogP contribution in [0.3, 0.4) is 0 Å². The molecule has 11 heteroatoms. The number of nitrogens with zero attached hydrogens (tertiary/aromatic N) is 3. The van der Waals surface area contributed by atoms with Crippen LogP contribution >= 0.6 is 0 Å². The third-order valence-corrected chi connectivity index (χ3v) is 4.73.